The molecule has 1 aliphatic rings. The summed E-state index contributed by atoms with van der Waals surface area (Å²) in [5, 5.41) is 9.38. The average Bonchev–Trinajstić information content (AvgIpc) is 2.85. The van der Waals surface area contributed by atoms with Gasteiger partial charge < -0.3 is 9.84 Å². The number of para-hydroxylation sites is 1. The van der Waals surface area contributed by atoms with Gasteiger partial charge in [-0.25, -0.2) is 4.79 Å². The largest absolute Gasteiger partial charge is 0.480 e. The van der Waals surface area contributed by atoms with Gasteiger partial charge in [0.1, 0.15) is 11.6 Å². The van der Waals surface area contributed by atoms with E-state index in [2.05, 4.69) is 0 Å². The summed E-state index contributed by atoms with van der Waals surface area (Å²) in [5.41, 5.74) is 0.537. The summed E-state index contributed by atoms with van der Waals surface area (Å²) in [6.07, 6.45) is 0.814. The molecule has 2 rings (SSSR count). The molecule has 1 aromatic carbocycles. The topological polar surface area (TPSA) is 66.8 Å². The van der Waals surface area contributed by atoms with E-state index < -0.39 is 17.6 Å². The Kier molecular flexibility index (Phi) is 3.81. The summed E-state index contributed by atoms with van der Waals surface area (Å²) >= 11 is 0. The first-order valence-corrected chi connectivity index (χ1v) is 6.64. The minimum Gasteiger partial charge on any atom is -0.480 e. The number of methoxy groups -OCH3 is 1. The second-order valence-corrected chi connectivity index (χ2v) is 5.15. The summed E-state index contributed by atoms with van der Waals surface area (Å²) in [7, 11) is 1.47. The van der Waals surface area contributed by atoms with Gasteiger partial charge >= 0.3 is 5.97 Å². The van der Waals surface area contributed by atoms with Crippen LogP contribution in [-0.2, 0) is 20.7 Å². The highest BCUT2D eigenvalue weighted by molar-refractivity contribution is 6.05. The number of hydrogen-bond donors (Lipinski definition) is 1. The average molecular weight is 277 g/mol. The first-order chi connectivity index (χ1) is 9.44. The molecule has 5 heteroatoms. The van der Waals surface area contributed by atoms with E-state index in [1.54, 1.807) is 19.1 Å². The maximum absolute atomic E-state index is 12.7. The maximum atomic E-state index is 12.7. The molecule has 2 unspecified atom stereocenters. The molecule has 0 bridgehead atoms. The van der Waals surface area contributed by atoms with E-state index in [-0.39, 0.29) is 5.91 Å². The van der Waals surface area contributed by atoms with Crippen LogP contribution in [0, 0.1) is 0 Å². The molecule has 0 spiro atoms. The monoisotopic (exact) mass is 277 g/mol. The molecule has 1 N–H and O–H groups in total. The lowest BCUT2D eigenvalue weighted by molar-refractivity contribution is -0.145. The van der Waals surface area contributed by atoms with Crippen molar-refractivity contribution >= 4 is 17.6 Å². The number of carbonyl (C=O) groups excluding carboxylic acids is 1. The molecule has 1 aliphatic heterocycles. The van der Waals surface area contributed by atoms with Gasteiger partial charge in [-0.1, -0.05) is 25.1 Å². The van der Waals surface area contributed by atoms with Crippen molar-refractivity contribution in [3.05, 3.63) is 29.8 Å². The molecule has 0 aromatic heterocycles. The molecule has 0 radical (unpaired) electrons. The van der Waals surface area contributed by atoms with E-state index in [1.165, 1.54) is 12.0 Å². The Hall–Kier alpha value is -1.88. The SMILES string of the molecule is CCC(C)(OC)C(=O)N1c2ccccc2CC1C(=O)O. The Morgan fingerprint density at radius 2 is 2.10 bits per heavy atom. The second-order valence-electron chi connectivity index (χ2n) is 5.15. The van der Waals surface area contributed by atoms with Crippen LogP contribution in [0.25, 0.3) is 0 Å². The number of hydrogen-bond acceptors (Lipinski definition) is 3. The summed E-state index contributed by atoms with van der Waals surface area (Å²) in [6, 6.07) is 6.43. The minimum atomic E-state index is -1.01. The number of nitrogens with zero attached hydrogens (tertiary/aromatic N) is 1. The number of aliphatic carboxylic acids is 1. The molecule has 20 heavy (non-hydrogen) atoms. The molecule has 0 fully saturated rings. The van der Waals surface area contributed by atoms with Crippen molar-refractivity contribution in [2.75, 3.05) is 12.0 Å². The van der Waals surface area contributed by atoms with Gasteiger partial charge in [-0.05, 0) is 25.0 Å². The zero-order chi connectivity index (χ0) is 14.9. The van der Waals surface area contributed by atoms with E-state index in [1.807, 2.05) is 19.1 Å². The highest BCUT2D eigenvalue weighted by Gasteiger charge is 2.45. The molecule has 2 atom stereocenters. The normalized spacial score (nSPS) is 20.4. The number of ether oxygens (including phenoxy) is 1. The van der Waals surface area contributed by atoms with E-state index in [0.717, 1.165) is 5.56 Å². The quantitative estimate of drug-likeness (QED) is 0.912. The number of benzene rings is 1. The van der Waals surface area contributed by atoms with Crippen molar-refractivity contribution < 1.29 is 19.4 Å². The lowest BCUT2D eigenvalue weighted by atomic mass is 10.0. The Morgan fingerprint density at radius 3 is 2.65 bits per heavy atom. The fraction of sp³-hybridized carbons (Fsp3) is 0.467. The molecule has 1 amide bonds. The number of amides is 1. The van der Waals surface area contributed by atoms with Crippen LogP contribution >= 0.6 is 0 Å². The predicted molar refractivity (Wildman–Crippen MR) is 74.8 cm³/mol. The number of anilines is 1. The zero-order valence-electron chi connectivity index (χ0n) is 11.9. The maximum Gasteiger partial charge on any atom is 0.327 e. The van der Waals surface area contributed by atoms with Gasteiger partial charge in [0.15, 0.2) is 0 Å². The van der Waals surface area contributed by atoms with Crippen molar-refractivity contribution in [3.8, 4) is 0 Å². The Bertz CT molecular complexity index is 536. The predicted octanol–water partition coefficient (Wildman–Crippen LogP) is 1.84. The fourth-order valence-corrected chi connectivity index (χ4v) is 2.47. The Labute approximate surface area is 118 Å². The molecule has 1 heterocycles. The van der Waals surface area contributed by atoms with Gasteiger partial charge in [-0.15, -0.1) is 0 Å². The van der Waals surface area contributed by atoms with Crippen LogP contribution in [-0.4, -0.2) is 35.7 Å². The molecule has 0 aliphatic carbocycles. The summed E-state index contributed by atoms with van der Waals surface area (Å²) in [5.74, 6) is -1.30. The fourth-order valence-electron chi connectivity index (χ4n) is 2.47. The molecular weight excluding hydrogens is 258 g/mol. The van der Waals surface area contributed by atoms with Crippen LogP contribution in [0.4, 0.5) is 5.69 Å². The Balaban J connectivity index is 2.46. The lowest BCUT2D eigenvalue weighted by Gasteiger charge is -2.33. The third-order valence-corrected chi connectivity index (χ3v) is 4.06. The van der Waals surface area contributed by atoms with Crippen molar-refractivity contribution in [1.82, 2.24) is 0 Å². The van der Waals surface area contributed by atoms with E-state index in [9.17, 15) is 14.7 Å². The van der Waals surface area contributed by atoms with Gasteiger partial charge in [-0.2, -0.15) is 0 Å². The number of rotatable bonds is 4. The van der Waals surface area contributed by atoms with Crippen LogP contribution in [0.5, 0.6) is 0 Å². The molecule has 5 nitrogen and oxygen atoms in total. The van der Waals surface area contributed by atoms with Crippen molar-refractivity contribution in [2.45, 2.75) is 38.3 Å². The van der Waals surface area contributed by atoms with Crippen LogP contribution < -0.4 is 4.90 Å². The van der Waals surface area contributed by atoms with Crippen molar-refractivity contribution in [3.63, 3.8) is 0 Å². The lowest BCUT2D eigenvalue weighted by Crippen LogP contribution is -2.53. The highest BCUT2D eigenvalue weighted by Crippen LogP contribution is 2.35. The van der Waals surface area contributed by atoms with Gasteiger partial charge in [0.05, 0.1) is 0 Å². The molecule has 108 valence electrons. The smallest absolute Gasteiger partial charge is 0.327 e. The molecule has 1 aromatic rings. The summed E-state index contributed by atoms with van der Waals surface area (Å²) in [4.78, 5) is 25.6. The number of carboxylic acid groups (broad SMARTS) is 1. The van der Waals surface area contributed by atoms with Crippen LogP contribution in [0.1, 0.15) is 25.8 Å². The zero-order valence-corrected chi connectivity index (χ0v) is 11.9. The highest BCUT2D eigenvalue weighted by atomic mass is 16.5. The second kappa shape index (κ2) is 5.25. The molecule has 0 saturated heterocycles. The van der Waals surface area contributed by atoms with Gasteiger partial charge in [-0.3, -0.25) is 9.69 Å². The molecule has 0 saturated carbocycles. The number of carboxylic acids is 1. The number of fused-ring (bicyclic) bond motifs is 1. The standard InChI is InChI=1S/C15H19NO4/c1-4-15(2,20-3)14(19)16-11-8-6-5-7-10(11)9-12(16)13(17)18/h5-8,12H,4,9H2,1-3H3,(H,17,18). The third-order valence-electron chi connectivity index (χ3n) is 4.06. The van der Waals surface area contributed by atoms with E-state index in [4.69, 9.17) is 4.74 Å². The van der Waals surface area contributed by atoms with Gasteiger partial charge in [0.25, 0.3) is 5.91 Å². The molecular formula is C15H19NO4. The first-order valence-electron chi connectivity index (χ1n) is 6.64. The van der Waals surface area contributed by atoms with Crippen molar-refractivity contribution in [1.29, 1.82) is 0 Å². The number of carbonyl (C=O) groups is 2. The van der Waals surface area contributed by atoms with Crippen LogP contribution in [0.15, 0.2) is 24.3 Å². The van der Waals surface area contributed by atoms with Crippen LogP contribution in [0.3, 0.4) is 0 Å². The van der Waals surface area contributed by atoms with E-state index in [0.29, 0.717) is 18.5 Å². The van der Waals surface area contributed by atoms with Crippen LogP contribution in [0.2, 0.25) is 0 Å². The summed E-state index contributed by atoms with van der Waals surface area (Å²) < 4.78 is 5.32. The first kappa shape index (κ1) is 14.5. The summed E-state index contributed by atoms with van der Waals surface area (Å²) in [6.45, 7) is 3.54. The van der Waals surface area contributed by atoms with E-state index >= 15 is 0 Å². The van der Waals surface area contributed by atoms with Crippen molar-refractivity contribution in [2.24, 2.45) is 0 Å². The minimum absolute atomic E-state index is 0.306. The van der Waals surface area contributed by atoms with Gasteiger partial charge in [0.2, 0.25) is 0 Å². The Morgan fingerprint density at radius 1 is 1.45 bits per heavy atom. The third kappa shape index (κ3) is 2.18. The van der Waals surface area contributed by atoms with Gasteiger partial charge in [0, 0.05) is 19.2 Å².